The monoisotopic (exact) mass is 411 g/mol. The highest BCUT2D eigenvalue weighted by Gasteiger charge is 2.23. The van der Waals surface area contributed by atoms with Gasteiger partial charge in [-0.25, -0.2) is 0 Å². The van der Waals surface area contributed by atoms with E-state index in [9.17, 15) is 0 Å². The molecule has 2 N–H and O–H groups in total. The molecule has 0 aliphatic heterocycles. The predicted molar refractivity (Wildman–Crippen MR) is 109 cm³/mol. The van der Waals surface area contributed by atoms with Crippen LogP contribution in [0.25, 0.3) is 0 Å². The lowest BCUT2D eigenvalue weighted by molar-refractivity contribution is 0.304. The maximum absolute atomic E-state index is 6.74. The van der Waals surface area contributed by atoms with Crippen LogP contribution in [0.3, 0.4) is 0 Å². The molecule has 1 nitrogen and oxygen atoms in total. The van der Waals surface area contributed by atoms with Crippen LogP contribution in [-0.2, 0) is 0 Å². The molecule has 2 heteroatoms. The summed E-state index contributed by atoms with van der Waals surface area (Å²) in [6, 6.07) is 0. The van der Waals surface area contributed by atoms with Gasteiger partial charge in [-0.3, -0.25) is 0 Å². The Labute approximate surface area is 152 Å². The molecule has 0 heterocycles. The van der Waals surface area contributed by atoms with Gasteiger partial charge in [-0.05, 0) is 19.3 Å². The molecule has 0 aromatic carbocycles. The first-order chi connectivity index (χ1) is 9.68. The van der Waals surface area contributed by atoms with Crippen molar-refractivity contribution in [2.45, 2.75) is 123 Å². The second-order valence-electron chi connectivity index (χ2n) is 6.79. The van der Waals surface area contributed by atoms with Crippen molar-refractivity contribution < 1.29 is 0 Å². The fourth-order valence-electron chi connectivity index (χ4n) is 3.09. The Morgan fingerprint density at radius 3 is 1.05 bits per heavy atom. The van der Waals surface area contributed by atoms with E-state index in [1.807, 2.05) is 0 Å². The fraction of sp³-hybridized carbons (Fsp3) is 1.00. The van der Waals surface area contributed by atoms with Gasteiger partial charge in [0.1, 0.15) is 0 Å². The maximum atomic E-state index is 6.74. The number of nitrogens with two attached hydrogens (primary N) is 1. The van der Waals surface area contributed by atoms with Gasteiger partial charge in [-0.2, -0.15) is 0 Å². The molecule has 0 aliphatic rings. The topological polar surface area (TPSA) is 26.0 Å². The highest BCUT2D eigenvalue weighted by atomic mass is 127. The number of unbranched alkanes of at least 4 members (excludes halogenated alkanes) is 9. The average molecular weight is 411 g/mol. The van der Waals surface area contributed by atoms with E-state index < -0.39 is 0 Å². The summed E-state index contributed by atoms with van der Waals surface area (Å²) in [6.07, 6.45) is 20.0. The zero-order chi connectivity index (χ0) is 15.1. The summed E-state index contributed by atoms with van der Waals surface area (Å²) in [5, 5.41) is 0. The van der Waals surface area contributed by atoms with Crippen molar-refractivity contribution in [2.75, 3.05) is 0 Å². The number of halogens is 1. The molecule has 0 saturated carbocycles. The second-order valence-corrected chi connectivity index (χ2v) is 6.79. The second kappa shape index (κ2) is 17.1. The number of hydrogen-bond donors (Lipinski definition) is 1. The fourth-order valence-corrected chi connectivity index (χ4v) is 3.09. The summed E-state index contributed by atoms with van der Waals surface area (Å²) >= 11 is 0. The standard InChI is InChI=1S/C19H41N.HI/c1-4-7-10-13-16-19(20,17-14-11-8-5-2)18-15-12-9-6-3;/h4-18,20H2,1-3H3;1H. The molecule has 0 bridgehead atoms. The summed E-state index contributed by atoms with van der Waals surface area (Å²) in [5.41, 5.74) is 6.89. The molecule has 0 aromatic heterocycles. The van der Waals surface area contributed by atoms with Crippen molar-refractivity contribution >= 4 is 24.0 Å². The van der Waals surface area contributed by atoms with E-state index in [0.29, 0.717) is 0 Å². The zero-order valence-electron chi connectivity index (χ0n) is 15.1. The van der Waals surface area contributed by atoms with E-state index in [4.69, 9.17) is 5.73 Å². The SMILES string of the molecule is CCCCCCC(N)(CCCCCC)CCCCCC.I. The van der Waals surface area contributed by atoms with E-state index in [-0.39, 0.29) is 29.5 Å². The maximum Gasteiger partial charge on any atom is 0.0154 e. The largest absolute Gasteiger partial charge is 0.325 e. The van der Waals surface area contributed by atoms with Crippen LogP contribution in [0, 0.1) is 0 Å². The summed E-state index contributed by atoms with van der Waals surface area (Å²) in [5.74, 6) is 0. The molecule has 0 unspecified atom stereocenters. The third-order valence-electron chi connectivity index (χ3n) is 4.58. The first-order valence-corrected chi connectivity index (χ1v) is 9.47. The van der Waals surface area contributed by atoms with Crippen molar-refractivity contribution in [3.8, 4) is 0 Å². The normalized spacial score (nSPS) is 11.4. The molecule has 0 saturated heterocycles. The molecule has 0 spiro atoms. The molecule has 0 amide bonds. The van der Waals surface area contributed by atoms with Crippen LogP contribution in [0.15, 0.2) is 0 Å². The van der Waals surface area contributed by atoms with Crippen LogP contribution >= 0.6 is 24.0 Å². The zero-order valence-corrected chi connectivity index (χ0v) is 17.4. The van der Waals surface area contributed by atoms with Crippen molar-refractivity contribution in [1.82, 2.24) is 0 Å². The Balaban J connectivity index is 0. The van der Waals surface area contributed by atoms with Gasteiger partial charge in [-0.15, -0.1) is 24.0 Å². The van der Waals surface area contributed by atoms with Crippen LogP contribution in [0.1, 0.15) is 117 Å². The molecule has 0 aliphatic carbocycles. The first-order valence-electron chi connectivity index (χ1n) is 9.47. The van der Waals surface area contributed by atoms with Gasteiger partial charge in [-0.1, -0.05) is 97.8 Å². The molecule has 0 fully saturated rings. The minimum Gasteiger partial charge on any atom is -0.325 e. The molecule has 21 heavy (non-hydrogen) atoms. The first kappa shape index (κ1) is 23.9. The lowest BCUT2D eigenvalue weighted by Crippen LogP contribution is -2.39. The molecule has 0 radical (unpaired) electrons. The van der Waals surface area contributed by atoms with Crippen LogP contribution in [0.4, 0.5) is 0 Å². The van der Waals surface area contributed by atoms with Crippen molar-refractivity contribution in [3.05, 3.63) is 0 Å². The van der Waals surface area contributed by atoms with E-state index in [2.05, 4.69) is 20.8 Å². The van der Waals surface area contributed by atoms with Crippen LogP contribution in [0.5, 0.6) is 0 Å². The quantitative estimate of drug-likeness (QED) is 0.224. The number of hydrogen-bond acceptors (Lipinski definition) is 1. The van der Waals surface area contributed by atoms with E-state index in [0.717, 1.165) is 0 Å². The minimum absolute atomic E-state index is 0. The Hall–Kier alpha value is 0.690. The Morgan fingerprint density at radius 1 is 0.524 bits per heavy atom. The minimum atomic E-state index is 0. The van der Waals surface area contributed by atoms with E-state index in [1.54, 1.807) is 0 Å². The van der Waals surface area contributed by atoms with E-state index >= 15 is 0 Å². The molecular formula is C19H42IN. The lowest BCUT2D eigenvalue weighted by atomic mass is 9.83. The highest BCUT2D eigenvalue weighted by molar-refractivity contribution is 14.0. The van der Waals surface area contributed by atoms with Crippen molar-refractivity contribution in [1.29, 1.82) is 0 Å². The lowest BCUT2D eigenvalue weighted by Gasteiger charge is -2.30. The summed E-state index contributed by atoms with van der Waals surface area (Å²) in [4.78, 5) is 0. The van der Waals surface area contributed by atoms with Gasteiger partial charge >= 0.3 is 0 Å². The molecule has 0 aromatic rings. The van der Waals surface area contributed by atoms with Gasteiger partial charge in [0, 0.05) is 5.54 Å². The van der Waals surface area contributed by atoms with Gasteiger partial charge in [0.25, 0.3) is 0 Å². The highest BCUT2D eigenvalue weighted by Crippen LogP contribution is 2.26. The summed E-state index contributed by atoms with van der Waals surface area (Å²) in [6.45, 7) is 6.85. The van der Waals surface area contributed by atoms with Crippen molar-refractivity contribution in [2.24, 2.45) is 5.73 Å². The molecular weight excluding hydrogens is 369 g/mol. The Kier molecular flexibility index (Phi) is 19.4. The van der Waals surface area contributed by atoms with Gasteiger partial charge in [0.15, 0.2) is 0 Å². The Bertz CT molecular complexity index is 163. The molecule has 0 atom stereocenters. The number of rotatable bonds is 15. The summed E-state index contributed by atoms with van der Waals surface area (Å²) in [7, 11) is 0. The molecule has 0 rings (SSSR count). The van der Waals surface area contributed by atoms with Gasteiger partial charge in [0.2, 0.25) is 0 Å². The van der Waals surface area contributed by atoms with Crippen LogP contribution < -0.4 is 5.73 Å². The third kappa shape index (κ3) is 15.4. The average Bonchev–Trinajstić information content (AvgIpc) is 2.45. The Morgan fingerprint density at radius 2 is 0.810 bits per heavy atom. The molecule has 130 valence electrons. The van der Waals surface area contributed by atoms with Gasteiger partial charge < -0.3 is 5.73 Å². The summed E-state index contributed by atoms with van der Waals surface area (Å²) < 4.78 is 0. The van der Waals surface area contributed by atoms with Gasteiger partial charge in [0.05, 0.1) is 0 Å². The third-order valence-corrected chi connectivity index (χ3v) is 4.58. The predicted octanol–water partition coefficient (Wildman–Crippen LogP) is 7.21. The van der Waals surface area contributed by atoms with Crippen molar-refractivity contribution in [3.63, 3.8) is 0 Å². The van der Waals surface area contributed by atoms with E-state index in [1.165, 1.54) is 96.3 Å². The van der Waals surface area contributed by atoms with Crippen LogP contribution in [0.2, 0.25) is 0 Å². The van der Waals surface area contributed by atoms with Crippen LogP contribution in [-0.4, -0.2) is 5.54 Å². The smallest absolute Gasteiger partial charge is 0.0154 e.